The van der Waals surface area contributed by atoms with Crippen molar-refractivity contribution >= 4 is 0 Å². The molecule has 4 aliphatic carbocycles. The smallest absolute Gasteiger partial charge is 0.157 e. The van der Waals surface area contributed by atoms with Crippen molar-refractivity contribution in [3.8, 4) is 0 Å². The summed E-state index contributed by atoms with van der Waals surface area (Å²) < 4.78 is 0. The van der Waals surface area contributed by atoms with Gasteiger partial charge in [0.2, 0.25) is 0 Å². The number of nitro groups is 1. The molecule has 2 N–H and O–H groups in total. The fraction of sp³-hybridized carbons (Fsp3) is 1.00. The van der Waals surface area contributed by atoms with Gasteiger partial charge in [0.15, 0.2) is 5.03 Å². The second-order valence-electron chi connectivity index (χ2n) is 13.2. The standard InChI is InChI=1S/C27H48N2O3/c1-17(2)7-6-8-18(3)21-9-10-22-20-16-25(28-29(31)32)24-15-19(30)11-13-27(24,5)23(20)12-14-26(21,22)4/h17-25,28,30H,6-16H2,1-5H3/t18?,19-,20-,21+,22-,23-,24+,25+,26+,27+/m0/s1. The van der Waals surface area contributed by atoms with E-state index in [1.165, 1.54) is 44.9 Å². The van der Waals surface area contributed by atoms with Crippen molar-refractivity contribution in [2.75, 3.05) is 0 Å². The minimum Gasteiger partial charge on any atom is -0.393 e. The van der Waals surface area contributed by atoms with Gasteiger partial charge in [0, 0.05) is 0 Å². The van der Waals surface area contributed by atoms with Crippen LogP contribution in [0.4, 0.5) is 0 Å². The average molecular weight is 449 g/mol. The van der Waals surface area contributed by atoms with Crippen LogP contribution < -0.4 is 5.43 Å². The maximum atomic E-state index is 11.5. The van der Waals surface area contributed by atoms with E-state index in [1.807, 2.05) is 0 Å². The maximum absolute atomic E-state index is 11.5. The molecule has 4 saturated carbocycles. The van der Waals surface area contributed by atoms with Crippen molar-refractivity contribution < 1.29 is 10.1 Å². The number of nitrogens with one attached hydrogen (secondary N) is 1. The van der Waals surface area contributed by atoms with Gasteiger partial charge in [-0.1, -0.05) is 53.9 Å². The Hall–Kier alpha value is -0.840. The molecule has 5 nitrogen and oxygen atoms in total. The van der Waals surface area contributed by atoms with Gasteiger partial charge in [0.05, 0.1) is 12.1 Å². The summed E-state index contributed by atoms with van der Waals surface area (Å²) in [5.74, 6) is 4.56. The average Bonchev–Trinajstić information content (AvgIpc) is 3.06. The van der Waals surface area contributed by atoms with Gasteiger partial charge in [-0.25, -0.2) is 10.1 Å². The first-order chi connectivity index (χ1) is 15.1. The van der Waals surface area contributed by atoms with E-state index in [-0.39, 0.29) is 28.5 Å². The molecule has 184 valence electrons. The molecule has 0 aromatic rings. The number of hydrazine groups is 1. The third-order valence-electron chi connectivity index (χ3n) is 11.2. The largest absolute Gasteiger partial charge is 0.393 e. The van der Waals surface area contributed by atoms with E-state index < -0.39 is 0 Å². The molecule has 4 rings (SSSR count). The minimum atomic E-state index is -0.317. The van der Waals surface area contributed by atoms with Gasteiger partial charge < -0.3 is 5.11 Å². The summed E-state index contributed by atoms with van der Waals surface area (Å²) in [7, 11) is 0. The van der Waals surface area contributed by atoms with Crippen LogP contribution in [-0.4, -0.2) is 22.3 Å². The zero-order valence-corrected chi connectivity index (χ0v) is 21.2. The number of aliphatic hydroxyl groups excluding tert-OH is 1. The molecule has 4 aliphatic rings. The lowest BCUT2D eigenvalue weighted by atomic mass is 9.43. The van der Waals surface area contributed by atoms with Crippen LogP contribution in [0, 0.1) is 62.4 Å². The lowest BCUT2D eigenvalue weighted by Gasteiger charge is -2.62. The van der Waals surface area contributed by atoms with Crippen LogP contribution >= 0.6 is 0 Å². The van der Waals surface area contributed by atoms with Gasteiger partial charge in [0.25, 0.3) is 0 Å². The van der Waals surface area contributed by atoms with Gasteiger partial charge in [-0.2, -0.15) is 0 Å². The summed E-state index contributed by atoms with van der Waals surface area (Å²) in [6, 6.07) is -0.101. The van der Waals surface area contributed by atoms with Crippen molar-refractivity contribution in [3.63, 3.8) is 0 Å². The first kappa shape index (κ1) is 24.3. The zero-order valence-electron chi connectivity index (χ0n) is 21.2. The Morgan fingerprint density at radius 3 is 2.34 bits per heavy atom. The highest BCUT2D eigenvalue weighted by molar-refractivity contribution is 5.12. The molecule has 5 heteroatoms. The molecule has 32 heavy (non-hydrogen) atoms. The van der Waals surface area contributed by atoms with E-state index in [0.717, 1.165) is 43.4 Å². The molecule has 0 aromatic carbocycles. The summed E-state index contributed by atoms with van der Waals surface area (Å²) in [6.07, 6.45) is 12.5. The Kier molecular flexibility index (Phi) is 6.89. The predicted molar refractivity (Wildman–Crippen MR) is 128 cm³/mol. The summed E-state index contributed by atoms with van der Waals surface area (Å²) in [5, 5.41) is 21.6. The minimum absolute atomic E-state index is 0.101. The number of hydrogen-bond donors (Lipinski definition) is 2. The molecule has 10 atom stereocenters. The van der Waals surface area contributed by atoms with Crippen LogP contribution in [0.3, 0.4) is 0 Å². The monoisotopic (exact) mass is 448 g/mol. The molecule has 0 aliphatic heterocycles. The Morgan fingerprint density at radius 2 is 1.66 bits per heavy atom. The van der Waals surface area contributed by atoms with Gasteiger partial charge in [-0.3, -0.25) is 0 Å². The molecule has 0 aromatic heterocycles. The lowest BCUT2D eigenvalue weighted by molar-refractivity contribution is -0.555. The van der Waals surface area contributed by atoms with Gasteiger partial charge in [0.1, 0.15) is 0 Å². The molecular weight excluding hydrogens is 400 g/mol. The van der Waals surface area contributed by atoms with E-state index in [2.05, 4.69) is 40.0 Å². The van der Waals surface area contributed by atoms with E-state index in [1.54, 1.807) is 0 Å². The van der Waals surface area contributed by atoms with Gasteiger partial charge >= 0.3 is 0 Å². The summed E-state index contributed by atoms with van der Waals surface area (Å²) in [4.78, 5) is 11.5. The molecule has 0 heterocycles. The Labute approximate surface area is 195 Å². The second kappa shape index (κ2) is 9.07. The summed E-state index contributed by atoms with van der Waals surface area (Å²) in [6.45, 7) is 12.2. The van der Waals surface area contributed by atoms with Crippen LogP contribution in [0.5, 0.6) is 0 Å². The molecular formula is C27H48N2O3. The Morgan fingerprint density at radius 1 is 0.969 bits per heavy atom. The summed E-state index contributed by atoms with van der Waals surface area (Å²) in [5.41, 5.74) is 3.26. The molecule has 0 bridgehead atoms. The third-order valence-corrected chi connectivity index (χ3v) is 11.2. The third kappa shape index (κ3) is 4.20. The number of fused-ring (bicyclic) bond motifs is 5. The van der Waals surface area contributed by atoms with Crippen LogP contribution in [0.1, 0.15) is 105 Å². The van der Waals surface area contributed by atoms with E-state index in [9.17, 15) is 15.2 Å². The first-order valence-electron chi connectivity index (χ1n) is 13.6. The van der Waals surface area contributed by atoms with Crippen LogP contribution in [0.25, 0.3) is 0 Å². The molecule has 1 unspecified atom stereocenters. The highest BCUT2D eigenvalue weighted by Gasteiger charge is 2.63. The SMILES string of the molecule is CC(C)CCCC(C)[C@H]1CC[C@H]2[C@@H]3C[C@@H](N[N+](=O)[O-])[C@H]4C[C@@H](O)CC[C@]4(C)[C@H]3CC[C@]12C. The van der Waals surface area contributed by atoms with Crippen molar-refractivity contribution in [3.05, 3.63) is 10.1 Å². The Balaban J connectivity index is 1.55. The van der Waals surface area contributed by atoms with Gasteiger partial charge in [-0.15, -0.1) is 5.43 Å². The fourth-order valence-corrected chi connectivity index (χ4v) is 9.62. The van der Waals surface area contributed by atoms with Crippen molar-refractivity contribution in [1.29, 1.82) is 0 Å². The van der Waals surface area contributed by atoms with Crippen molar-refractivity contribution in [2.45, 2.75) is 117 Å². The maximum Gasteiger partial charge on any atom is 0.157 e. The number of nitrogens with zero attached hydrogens (tertiary/aromatic N) is 1. The normalized spacial score (nSPS) is 46.8. The number of hydrogen-bond acceptors (Lipinski definition) is 3. The number of rotatable bonds is 7. The van der Waals surface area contributed by atoms with Crippen LogP contribution in [0.15, 0.2) is 0 Å². The molecule has 0 saturated heterocycles. The molecule has 0 radical (unpaired) electrons. The second-order valence-corrected chi connectivity index (χ2v) is 13.2. The van der Waals surface area contributed by atoms with E-state index >= 15 is 0 Å². The molecule has 4 fully saturated rings. The topological polar surface area (TPSA) is 75.4 Å². The van der Waals surface area contributed by atoms with Crippen LogP contribution in [0.2, 0.25) is 0 Å². The quantitative estimate of drug-likeness (QED) is 0.358. The van der Waals surface area contributed by atoms with Crippen LogP contribution in [-0.2, 0) is 0 Å². The predicted octanol–water partition coefficient (Wildman–Crippen LogP) is 6.23. The van der Waals surface area contributed by atoms with Gasteiger partial charge in [-0.05, 0) is 104 Å². The van der Waals surface area contributed by atoms with E-state index in [0.29, 0.717) is 23.2 Å². The highest BCUT2D eigenvalue weighted by atomic mass is 16.7. The molecule has 0 spiro atoms. The highest BCUT2D eigenvalue weighted by Crippen LogP contribution is 2.68. The van der Waals surface area contributed by atoms with Crippen molar-refractivity contribution in [2.24, 2.45) is 52.3 Å². The fourth-order valence-electron chi connectivity index (χ4n) is 9.62. The zero-order chi connectivity index (χ0) is 23.3. The number of aliphatic hydroxyl groups is 1. The lowest BCUT2D eigenvalue weighted by Crippen LogP contribution is -2.61. The van der Waals surface area contributed by atoms with Crippen molar-refractivity contribution in [1.82, 2.24) is 5.43 Å². The summed E-state index contributed by atoms with van der Waals surface area (Å²) >= 11 is 0. The Bertz CT molecular complexity index is 684. The molecule has 0 amide bonds. The first-order valence-corrected chi connectivity index (χ1v) is 13.6. The van der Waals surface area contributed by atoms with E-state index in [4.69, 9.17) is 0 Å².